The number of ether oxygens (including phenoxy) is 1. The van der Waals surface area contributed by atoms with Gasteiger partial charge in [-0.3, -0.25) is 4.79 Å². The highest BCUT2D eigenvalue weighted by atomic mass is 19.4. The van der Waals surface area contributed by atoms with Gasteiger partial charge in [0.25, 0.3) is 0 Å². The lowest BCUT2D eigenvalue weighted by Gasteiger charge is -2.25. The molecule has 150 valence electrons. The Morgan fingerprint density at radius 3 is 2.50 bits per heavy atom. The van der Waals surface area contributed by atoms with Crippen LogP contribution >= 0.6 is 0 Å². The molecule has 1 aromatic heterocycles. The summed E-state index contributed by atoms with van der Waals surface area (Å²) in [5.41, 5.74) is 1.30. The molecule has 1 unspecified atom stereocenters. The van der Waals surface area contributed by atoms with Crippen LogP contribution in [0.4, 0.5) is 13.2 Å². The molecule has 0 spiro atoms. The first-order valence-electron chi connectivity index (χ1n) is 9.31. The van der Waals surface area contributed by atoms with Crippen LogP contribution in [0, 0.1) is 5.92 Å². The molecule has 0 N–H and O–H groups in total. The van der Waals surface area contributed by atoms with Gasteiger partial charge in [-0.1, -0.05) is 29.4 Å². The van der Waals surface area contributed by atoms with E-state index in [9.17, 15) is 18.0 Å². The van der Waals surface area contributed by atoms with Crippen molar-refractivity contribution in [2.45, 2.75) is 44.5 Å². The average Bonchev–Trinajstić information content (AvgIpc) is 3.16. The van der Waals surface area contributed by atoms with Gasteiger partial charge in [-0.2, -0.15) is 18.2 Å². The number of alkyl halides is 3. The normalized spacial score (nSPS) is 19.8. The summed E-state index contributed by atoms with van der Waals surface area (Å²) in [5.74, 6) is -1.23. The highest BCUT2D eigenvalue weighted by Crippen LogP contribution is 2.32. The number of hydrogen-bond acceptors (Lipinski definition) is 5. The van der Waals surface area contributed by atoms with E-state index in [4.69, 9.17) is 4.74 Å². The Morgan fingerprint density at radius 1 is 1.18 bits per heavy atom. The van der Waals surface area contributed by atoms with Crippen LogP contribution in [0.1, 0.15) is 37.1 Å². The van der Waals surface area contributed by atoms with Gasteiger partial charge in [0.15, 0.2) is 0 Å². The first-order valence-corrected chi connectivity index (χ1v) is 9.31. The zero-order chi connectivity index (χ0) is 19.7. The number of carbonyl (C=O) groups is 1. The van der Waals surface area contributed by atoms with Gasteiger partial charge in [0, 0.05) is 31.2 Å². The predicted octanol–water partition coefficient (Wildman–Crippen LogP) is 3.67. The van der Waals surface area contributed by atoms with Gasteiger partial charge in [0.2, 0.25) is 11.7 Å². The topological polar surface area (TPSA) is 68.5 Å². The SMILES string of the molecule is O=C(C1CC1)N(Cc1ccc(-c2noc(C(F)(F)F)n2)cc1)CC1CCCO1. The van der Waals surface area contributed by atoms with E-state index < -0.39 is 12.1 Å². The standard InChI is InChI=1S/C19H20F3N3O3/c20-19(21,22)18-23-16(24-28-18)13-5-3-12(4-6-13)10-25(17(26)14-7-8-14)11-15-2-1-9-27-15/h3-6,14-15H,1-2,7-11H2. The third kappa shape index (κ3) is 4.35. The predicted molar refractivity (Wildman–Crippen MR) is 91.9 cm³/mol. The summed E-state index contributed by atoms with van der Waals surface area (Å²) in [7, 11) is 0. The largest absolute Gasteiger partial charge is 0.471 e. The van der Waals surface area contributed by atoms with Crippen molar-refractivity contribution in [1.29, 1.82) is 0 Å². The minimum absolute atomic E-state index is 0.0714. The van der Waals surface area contributed by atoms with Gasteiger partial charge < -0.3 is 14.2 Å². The number of amides is 1. The van der Waals surface area contributed by atoms with Gasteiger partial charge in [0.05, 0.1) is 6.10 Å². The quantitative estimate of drug-likeness (QED) is 0.747. The number of rotatable bonds is 6. The van der Waals surface area contributed by atoms with Gasteiger partial charge in [0.1, 0.15) is 0 Å². The van der Waals surface area contributed by atoms with Crippen LogP contribution in [-0.2, 0) is 22.3 Å². The highest BCUT2D eigenvalue weighted by Gasteiger charge is 2.38. The molecular weight excluding hydrogens is 375 g/mol. The Labute approximate surface area is 159 Å². The van der Waals surface area contributed by atoms with Crippen LogP contribution in [0.2, 0.25) is 0 Å². The summed E-state index contributed by atoms with van der Waals surface area (Å²) < 4.78 is 47.7. The summed E-state index contributed by atoms with van der Waals surface area (Å²) >= 11 is 0. The van der Waals surface area contributed by atoms with Crippen molar-refractivity contribution >= 4 is 5.91 Å². The molecule has 1 amide bonds. The van der Waals surface area contributed by atoms with E-state index in [1.54, 1.807) is 24.3 Å². The molecule has 9 heteroatoms. The number of benzene rings is 1. The van der Waals surface area contributed by atoms with E-state index in [1.807, 2.05) is 4.90 Å². The Morgan fingerprint density at radius 2 is 1.93 bits per heavy atom. The van der Waals surface area contributed by atoms with Gasteiger partial charge in [-0.25, -0.2) is 0 Å². The van der Waals surface area contributed by atoms with E-state index in [0.29, 0.717) is 18.7 Å². The summed E-state index contributed by atoms with van der Waals surface area (Å²) in [5, 5.41) is 3.38. The Hall–Kier alpha value is -2.42. The van der Waals surface area contributed by atoms with E-state index in [1.165, 1.54) is 0 Å². The van der Waals surface area contributed by atoms with E-state index in [-0.39, 0.29) is 23.8 Å². The Balaban J connectivity index is 1.45. The third-order valence-corrected chi connectivity index (χ3v) is 4.94. The smallest absolute Gasteiger partial charge is 0.376 e. The van der Waals surface area contributed by atoms with Crippen LogP contribution in [0.15, 0.2) is 28.8 Å². The summed E-state index contributed by atoms with van der Waals surface area (Å²) in [6.07, 6.45) is -0.778. The van der Waals surface area contributed by atoms with Crippen LogP contribution in [-0.4, -0.2) is 40.2 Å². The first kappa shape index (κ1) is 18.9. The van der Waals surface area contributed by atoms with Crippen molar-refractivity contribution in [3.05, 3.63) is 35.7 Å². The second-order valence-electron chi connectivity index (χ2n) is 7.25. The van der Waals surface area contributed by atoms with Crippen LogP contribution in [0.3, 0.4) is 0 Å². The maximum atomic E-state index is 12.6. The monoisotopic (exact) mass is 395 g/mol. The van der Waals surface area contributed by atoms with Gasteiger partial charge >= 0.3 is 12.1 Å². The lowest BCUT2D eigenvalue weighted by Crippen LogP contribution is -2.37. The van der Waals surface area contributed by atoms with E-state index in [0.717, 1.165) is 37.9 Å². The second kappa shape index (κ2) is 7.54. The fourth-order valence-electron chi connectivity index (χ4n) is 3.29. The average molecular weight is 395 g/mol. The lowest BCUT2D eigenvalue weighted by molar-refractivity contribution is -0.159. The number of halogens is 3. The molecule has 6 nitrogen and oxygen atoms in total. The molecular formula is C19H20F3N3O3. The molecule has 2 aromatic rings. The zero-order valence-electron chi connectivity index (χ0n) is 15.1. The van der Waals surface area contributed by atoms with Crippen molar-refractivity contribution in [1.82, 2.24) is 15.0 Å². The van der Waals surface area contributed by atoms with Gasteiger partial charge in [-0.05, 0) is 31.2 Å². The van der Waals surface area contributed by atoms with Crippen LogP contribution < -0.4 is 0 Å². The highest BCUT2D eigenvalue weighted by molar-refractivity contribution is 5.81. The molecule has 28 heavy (non-hydrogen) atoms. The van der Waals surface area contributed by atoms with Crippen LogP contribution in [0.5, 0.6) is 0 Å². The molecule has 1 saturated carbocycles. The number of aromatic nitrogens is 2. The molecule has 1 aliphatic carbocycles. The Bertz CT molecular complexity index is 825. The van der Waals surface area contributed by atoms with Crippen molar-refractivity contribution in [3.63, 3.8) is 0 Å². The molecule has 0 bridgehead atoms. The summed E-state index contributed by atoms with van der Waals surface area (Å²) in [4.78, 5) is 17.8. The molecule has 2 aliphatic rings. The molecule has 2 heterocycles. The lowest BCUT2D eigenvalue weighted by atomic mass is 10.1. The number of hydrogen-bond donors (Lipinski definition) is 0. The zero-order valence-corrected chi connectivity index (χ0v) is 15.1. The molecule has 2 fully saturated rings. The minimum Gasteiger partial charge on any atom is -0.376 e. The first-order chi connectivity index (χ1) is 13.4. The molecule has 1 saturated heterocycles. The maximum Gasteiger partial charge on any atom is 0.471 e. The third-order valence-electron chi connectivity index (χ3n) is 4.94. The van der Waals surface area contributed by atoms with E-state index >= 15 is 0 Å². The summed E-state index contributed by atoms with van der Waals surface area (Å²) in [6.45, 7) is 1.74. The summed E-state index contributed by atoms with van der Waals surface area (Å²) in [6, 6.07) is 6.79. The minimum atomic E-state index is -4.67. The van der Waals surface area contributed by atoms with Crippen LogP contribution in [0.25, 0.3) is 11.4 Å². The van der Waals surface area contributed by atoms with Crippen molar-refractivity contribution in [2.75, 3.05) is 13.2 Å². The molecule has 4 rings (SSSR count). The van der Waals surface area contributed by atoms with Crippen molar-refractivity contribution in [3.8, 4) is 11.4 Å². The second-order valence-corrected chi connectivity index (χ2v) is 7.25. The number of carbonyl (C=O) groups excluding carboxylic acids is 1. The van der Waals surface area contributed by atoms with Crippen molar-refractivity contribution < 1.29 is 27.2 Å². The van der Waals surface area contributed by atoms with E-state index in [2.05, 4.69) is 14.7 Å². The molecule has 1 aromatic carbocycles. The molecule has 1 aliphatic heterocycles. The molecule has 0 radical (unpaired) electrons. The Kier molecular flexibility index (Phi) is 5.09. The van der Waals surface area contributed by atoms with Crippen molar-refractivity contribution in [2.24, 2.45) is 5.92 Å². The number of nitrogens with zero attached hydrogens (tertiary/aromatic N) is 3. The fourth-order valence-corrected chi connectivity index (χ4v) is 3.29. The van der Waals surface area contributed by atoms with Gasteiger partial charge in [-0.15, -0.1) is 0 Å². The molecule has 1 atom stereocenters. The fraction of sp³-hybridized carbons (Fsp3) is 0.526. The maximum absolute atomic E-state index is 12.6.